The zero-order valence-corrected chi connectivity index (χ0v) is 8.64. The monoisotopic (exact) mass is 174 g/mol. The molecule has 0 aromatic heterocycles. The minimum absolute atomic E-state index is 0.451. The Morgan fingerprint density at radius 3 is 2.42 bits per heavy atom. The summed E-state index contributed by atoms with van der Waals surface area (Å²) in [6, 6.07) is 0. The zero-order valence-electron chi connectivity index (χ0n) is 8.64. The van der Waals surface area contributed by atoms with Crippen LogP contribution >= 0.6 is 0 Å². The molecule has 0 bridgehead atoms. The van der Waals surface area contributed by atoms with Crippen molar-refractivity contribution >= 4 is 0 Å². The van der Waals surface area contributed by atoms with Crippen LogP contribution in [0.5, 0.6) is 0 Å². The van der Waals surface area contributed by atoms with E-state index in [-0.39, 0.29) is 0 Å². The maximum Gasteiger partial charge on any atom is 0.0568 e. The van der Waals surface area contributed by atoms with Crippen LogP contribution < -0.4 is 0 Å². The van der Waals surface area contributed by atoms with Crippen molar-refractivity contribution in [3.05, 3.63) is 0 Å². The van der Waals surface area contributed by atoms with Crippen LogP contribution in [0.3, 0.4) is 0 Å². The van der Waals surface area contributed by atoms with Crippen molar-refractivity contribution in [2.24, 2.45) is 0 Å². The molecule has 0 heterocycles. The first kappa shape index (κ1) is 11.9. The molecule has 0 aliphatic carbocycles. The molecule has 0 saturated carbocycles. The molecule has 0 aromatic carbocycles. The molecule has 0 aliphatic rings. The summed E-state index contributed by atoms with van der Waals surface area (Å²) in [4.78, 5) is 0. The van der Waals surface area contributed by atoms with Crippen molar-refractivity contribution in [3.63, 3.8) is 0 Å². The van der Waals surface area contributed by atoms with Gasteiger partial charge in [0.1, 0.15) is 0 Å². The topological polar surface area (TPSA) is 18.5 Å². The van der Waals surface area contributed by atoms with E-state index >= 15 is 0 Å². The van der Waals surface area contributed by atoms with Crippen molar-refractivity contribution in [2.45, 2.75) is 45.6 Å². The molecule has 0 aliphatic heterocycles. The van der Waals surface area contributed by atoms with E-state index in [1.807, 2.05) is 6.92 Å². The summed E-state index contributed by atoms with van der Waals surface area (Å²) < 4.78 is 10.5. The highest BCUT2D eigenvalue weighted by Gasteiger charge is 2.02. The van der Waals surface area contributed by atoms with E-state index in [4.69, 9.17) is 9.47 Å². The molecule has 0 aromatic rings. The Kier molecular flexibility index (Phi) is 8.95. The third-order valence-electron chi connectivity index (χ3n) is 2.06. The first-order valence-corrected chi connectivity index (χ1v) is 4.95. The largest absolute Gasteiger partial charge is 0.382 e. The van der Waals surface area contributed by atoms with Crippen LogP contribution in [-0.4, -0.2) is 26.4 Å². The lowest BCUT2D eigenvalue weighted by Crippen LogP contribution is -2.08. The molecule has 0 saturated heterocycles. The van der Waals surface area contributed by atoms with Gasteiger partial charge in [-0.1, -0.05) is 6.92 Å². The second-order valence-electron chi connectivity index (χ2n) is 2.96. The lowest BCUT2D eigenvalue weighted by atomic mass is 10.1. The Hall–Kier alpha value is -0.0800. The smallest absolute Gasteiger partial charge is 0.0568 e. The molecule has 0 amide bonds. The fraction of sp³-hybridized carbons (Fsp3) is 1.00. The van der Waals surface area contributed by atoms with Gasteiger partial charge in [-0.15, -0.1) is 0 Å². The number of hydrogen-bond acceptors (Lipinski definition) is 2. The van der Waals surface area contributed by atoms with E-state index in [9.17, 15) is 0 Å². The lowest BCUT2D eigenvalue weighted by Gasteiger charge is -2.11. The average Bonchev–Trinajstić information content (AvgIpc) is 2.11. The molecule has 0 spiro atoms. The summed E-state index contributed by atoms with van der Waals surface area (Å²) in [6.07, 6.45) is 5.11. The van der Waals surface area contributed by atoms with Gasteiger partial charge >= 0.3 is 0 Å². The Morgan fingerprint density at radius 1 is 1.17 bits per heavy atom. The SMILES string of the molecule is CCOCCCCC(CC)OC. The van der Waals surface area contributed by atoms with Gasteiger partial charge in [-0.2, -0.15) is 0 Å². The van der Waals surface area contributed by atoms with Crippen LogP contribution in [-0.2, 0) is 9.47 Å². The summed E-state index contributed by atoms with van der Waals surface area (Å²) in [6.45, 7) is 5.93. The first-order valence-electron chi connectivity index (χ1n) is 4.95. The Labute approximate surface area is 76.3 Å². The molecule has 74 valence electrons. The molecule has 12 heavy (non-hydrogen) atoms. The highest BCUT2D eigenvalue weighted by Crippen LogP contribution is 2.07. The second-order valence-corrected chi connectivity index (χ2v) is 2.96. The van der Waals surface area contributed by atoms with E-state index in [1.165, 1.54) is 12.8 Å². The highest BCUT2D eigenvalue weighted by atomic mass is 16.5. The van der Waals surface area contributed by atoms with Crippen molar-refractivity contribution in [2.75, 3.05) is 20.3 Å². The van der Waals surface area contributed by atoms with E-state index in [2.05, 4.69) is 6.92 Å². The molecule has 0 rings (SSSR count). The van der Waals surface area contributed by atoms with E-state index in [0.29, 0.717) is 6.10 Å². The van der Waals surface area contributed by atoms with Crippen molar-refractivity contribution in [1.29, 1.82) is 0 Å². The quantitative estimate of drug-likeness (QED) is 0.527. The van der Waals surface area contributed by atoms with Gasteiger partial charge in [0.15, 0.2) is 0 Å². The maximum atomic E-state index is 5.27. The van der Waals surface area contributed by atoms with Gasteiger partial charge in [-0.25, -0.2) is 0 Å². The van der Waals surface area contributed by atoms with Gasteiger partial charge < -0.3 is 9.47 Å². The number of hydrogen-bond donors (Lipinski definition) is 0. The minimum atomic E-state index is 0.451. The number of ether oxygens (including phenoxy) is 2. The summed E-state index contributed by atoms with van der Waals surface area (Å²) >= 11 is 0. The summed E-state index contributed by atoms with van der Waals surface area (Å²) in [5, 5.41) is 0. The molecule has 1 unspecified atom stereocenters. The predicted octanol–water partition coefficient (Wildman–Crippen LogP) is 2.62. The number of methoxy groups -OCH3 is 1. The molecule has 0 N–H and O–H groups in total. The molecule has 0 fully saturated rings. The van der Waals surface area contributed by atoms with Gasteiger partial charge in [0.2, 0.25) is 0 Å². The van der Waals surface area contributed by atoms with Crippen molar-refractivity contribution in [1.82, 2.24) is 0 Å². The summed E-state index contributed by atoms with van der Waals surface area (Å²) in [5.41, 5.74) is 0. The lowest BCUT2D eigenvalue weighted by molar-refractivity contribution is 0.0846. The Morgan fingerprint density at radius 2 is 1.92 bits per heavy atom. The molecule has 2 nitrogen and oxygen atoms in total. The van der Waals surface area contributed by atoms with Crippen LogP contribution in [0.1, 0.15) is 39.5 Å². The first-order chi connectivity index (χ1) is 5.85. The molecule has 2 heteroatoms. The van der Waals surface area contributed by atoms with E-state index in [0.717, 1.165) is 26.1 Å². The number of unbranched alkanes of at least 4 members (excludes halogenated alkanes) is 1. The van der Waals surface area contributed by atoms with Crippen LogP contribution in [0, 0.1) is 0 Å². The second kappa shape index (κ2) is 9.01. The van der Waals surface area contributed by atoms with Crippen LogP contribution in [0.4, 0.5) is 0 Å². The summed E-state index contributed by atoms with van der Waals surface area (Å²) in [5.74, 6) is 0. The minimum Gasteiger partial charge on any atom is -0.382 e. The Bertz CT molecular complexity index is 79.9. The van der Waals surface area contributed by atoms with Gasteiger partial charge in [0.05, 0.1) is 6.10 Å². The average molecular weight is 174 g/mol. The molecular weight excluding hydrogens is 152 g/mol. The standard InChI is InChI=1S/C10H22O2/c1-4-10(11-3)8-6-7-9-12-5-2/h10H,4-9H2,1-3H3. The Balaban J connectivity index is 3.06. The number of rotatable bonds is 8. The molecule has 1 atom stereocenters. The highest BCUT2D eigenvalue weighted by molar-refractivity contribution is 4.54. The predicted molar refractivity (Wildman–Crippen MR) is 51.4 cm³/mol. The third-order valence-corrected chi connectivity index (χ3v) is 2.06. The van der Waals surface area contributed by atoms with Gasteiger partial charge in [0, 0.05) is 20.3 Å². The fourth-order valence-electron chi connectivity index (χ4n) is 1.21. The van der Waals surface area contributed by atoms with Gasteiger partial charge in [-0.3, -0.25) is 0 Å². The van der Waals surface area contributed by atoms with Crippen molar-refractivity contribution < 1.29 is 9.47 Å². The normalized spacial score (nSPS) is 13.2. The maximum absolute atomic E-state index is 5.27. The third kappa shape index (κ3) is 6.62. The van der Waals surface area contributed by atoms with E-state index in [1.54, 1.807) is 7.11 Å². The molecular formula is C10H22O2. The van der Waals surface area contributed by atoms with Gasteiger partial charge in [0.25, 0.3) is 0 Å². The van der Waals surface area contributed by atoms with Crippen molar-refractivity contribution in [3.8, 4) is 0 Å². The van der Waals surface area contributed by atoms with Crippen LogP contribution in [0.15, 0.2) is 0 Å². The zero-order chi connectivity index (χ0) is 9.23. The van der Waals surface area contributed by atoms with Gasteiger partial charge in [-0.05, 0) is 32.6 Å². The summed E-state index contributed by atoms with van der Waals surface area (Å²) in [7, 11) is 1.79. The van der Waals surface area contributed by atoms with E-state index < -0.39 is 0 Å². The van der Waals surface area contributed by atoms with Crippen LogP contribution in [0.2, 0.25) is 0 Å². The fourth-order valence-corrected chi connectivity index (χ4v) is 1.21. The van der Waals surface area contributed by atoms with Crippen LogP contribution in [0.25, 0.3) is 0 Å². The molecule has 0 radical (unpaired) electrons.